The number of hydrogen-bond donors (Lipinski definition) is 1. The quantitative estimate of drug-likeness (QED) is 0.768. The van der Waals surface area contributed by atoms with E-state index in [0.717, 1.165) is 18.4 Å². The maximum absolute atomic E-state index is 3.38. The van der Waals surface area contributed by atoms with Crippen LogP contribution in [-0.2, 0) is 0 Å². The Bertz CT molecular complexity index is 199. The van der Waals surface area contributed by atoms with Gasteiger partial charge in [0.25, 0.3) is 0 Å². The fourth-order valence-corrected chi connectivity index (χ4v) is 3.71. The summed E-state index contributed by atoms with van der Waals surface area (Å²) in [6.07, 6.45) is 4.03. The van der Waals surface area contributed by atoms with Gasteiger partial charge in [-0.15, -0.1) is 0 Å². The second kappa shape index (κ2) is 6.75. The van der Waals surface area contributed by atoms with E-state index in [4.69, 9.17) is 0 Å². The summed E-state index contributed by atoms with van der Waals surface area (Å²) in [4.78, 5) is 2.70. The minimum atomic E-state index is 0.445. The molecule has 2 heteroatoms. The monoisotopic (exact) mass is 240 g/mol. The largest absolute Gasteiger partial charge is 0.319 e. The molecular formula is C15H32N2. The van der Waals surface area contributed by atoms with Gasteiger partial charge in [-0.05, 0) is 37.1 Å². The summed E-state index contributed by atoms with van der Waals surface area (Å²) in [6, 6.07) is 0. The highest BCUT2D eigenvalue weighted by molar-refractivity contribution is 4.83. The molecule has 0 bridgehead atoms. The van der Waals surface area contributed by atoms with Gasteiger partial charge >= 0.3 is 0 Å². The Labute approximate surface area is 108 Å². The first kappa shape index (κ1) is 15.0. The summed E-state index contributed by atoms with van der Waals surface area (Å²) >= 11 is 0. The maximum Gasteiger partial charge on any atom is 0.00477 e. The standard InChI is InChI=1S/C15H32N2/c1-6-7-15(4,11-16-5)12-17-9-13(2)8-14(3)10-17/h13-14,16H,6-12H2,1-5H3. The Kier molecular flexibility index (Phi) is 5.94. The van der Waals surface area contributed by atoms with Crippen molar-refractivity contribution in [2.75, 3.05) is 33.2 Å². The molecular weight excluding hydrogens is 208 g/mol. The van der Waals surface area contributed by atoms with Crippen molar-refractivity contribution in [3.05, 3.63) is 0 Å². The minimum absolute atomic E-state index is 0.445. The predicted octanol–water partition coefficient (Wildman–Crippen LogP) is 2.99. The van der Waals surface area contributed by atoms with Crippen molar-refractivity contribution in [2.24, 2.45) is 17.3 Å². The molecule has 102 valence electrons. The van der Waals surface area contributed by atoms with Crippen molar-refractivity contribution in [3.63, 3.8) is 0 Å². The minimum Gasteiger partial charge on any atom is -0.319 e. The van der Waals surface area contributed by atoms with E-state index < -0.39 is 0 Å². The van der Waals surface area contributed by atoms with Gasteiger partial charge in [0.2, 0.25) is 0 Å². The number of nitrogens with one attached hydrogen (secondary N) is 1. The molecule has 3 unspecified atom stereocenters. The molecule has 1 aliphatic rings. The molecule has 17 heavy (non-hydrogen) atoms. The highest BCUT2D eigenvalue weighted by Gasteiger charge is 2.29. The molecule has 1 rings (SSSR count). The topological polar surface area (TPSA) is 15.3 Å². The molecule has 0 radical (unpaired) electrons. The molecule has 0 aromatic carbocycles. The summed E-state index contributed by atoms with van der Waals surface area (Å²) in [6.45, 7) is 14.5. The molecule has 2 nitrogen and oxygen atoms in total. The smallest absolute Gasteiger partial charge is 0.00477 e. The molecule has 0 saturated carbocycles. The fraction of sp³-hybridized carbons (Fsp3) is 1.00. The van der Waals surface area contributed by atoms with Gasteiger partial charge in [0, 0.05) is 26.2 Å². The SMILES string of the molecule is CCCC(C)(CNC)CN1CC(C)CC(C)C1. The molecule has 0 aliphatic carbocycles. The van der Waals surface area contributed by atoms with Gasteiger partial charge in [0.1, 0.15) is 0 Å². The molecule has 0 aromatic rings. The van der Waals surface area contributed by atoms with Crippen LogP contribution in [0.15, 0.2) is 0 Å². The lowest BCUT2D eigenvalue weighted by Crippen LogP contribution is -2.47. The van der Waals surface area contributed by atoms with E-state index in [1.165, 1.54) is 38.9 Å². The van der Waals surface area contributed by atoms with Gasteiger partial charge in [-0.2, -0.15) is 0 Å². The molecule has 0 aromatic heterocycles. The average molecular weight is 240 g/mol. The normalized spacial score (nSPS) is 30.2. The highest BCUT2D eigenvalue weighted by atomic mass is 15.1. The molecule has 3 atom stereocenters. The van der Waals surface area contributed by atoms with Crippen LogP contribution in [-0.4, -0.2) is 38.1 Å². The lowest BCUT2D eigenvalue weighted by Gasteiger charge is -2.41. The molecule has 1 aliphatic heterocycles. The number of rotatable bonds is 6. The Morgan fingerprint density at radius 1 is 1.24 bits per heavy atom. The first-order valence-electron chi connectivity index (χ1n) is 7.36. The molecule has 0 amide bonds. The van der Waals surface area contributed by atoms with Crippen LogP contribution in [0.2, 0.25) is 0 Å². The van der Waals surface area contributed by atoms with E-state index in [-0.39, 0.29) is 0 Å². The predicted molar refractivity (Wildman–Crippen MR) is 76.3 cm³/mol. The third-order valence-electron chi connectivity index (χ3n) is 4.01. The summed E-state index contributed by atoms with van der Waals surface area (Å²) in [5.74, 6) is 1.75. The van der Waals surface area contributed by atoms with Crippen molar-refractivity contribution in [2.45, 2.75) is 47.0 Å². The fourth-order valence-electron chi connectivity index (χ4n) is 3.71. The number of piperidine rings is 1. The molecule has 1 N–H and O–H groups in total. The van der Waals surface area contributed by atoms with Crippen LogP contribution in [0.25, 0.3) is 0 Å². The van der Waals surface area contributed by atoms with E-state index in [1.54, 1.807) is 0 Å². The third-order valence-corrected chi connectivity index (χ3v) is 4.01. The number of nitrogens with zero attached hydrogens (tertiary/aromatic N) is 1. The maximum atomic E-state index is 3.38. The summed E-state index contributed by atoms with van der Waals surface area (Å²) in [7, 11) is 2.08. The van der Waals surface area contributed by atoms with Crippen molar-refractivity contribution < 1.29 is 0 Å². The van der Waals surface area contributed by atoms with Crippen molar-refractivity contribution >= 4 is 0 Å². The Balaban J connectivity index is 2.53. The molecule has 1 saturated heterocycles. The van der Waals surface area contributed by atoms with Crippen LogP contribution >= 0.6 is 0 Å². The zero-order valence-corrected chi connectivity index (χ0v) is 12.6. The van der Waals surface area contributed by atoms with Crippen LogP contribution in [0.4, 0.5) is 0 Å². The lowest BCUT2D eigenvalue weighted by atomic mass is 9.83. The van der Waals surface area contributed by atoms with Gasteiger partial charge in [-0.3, -0.25) is 0 Å². The Hall–Kier alpha value is -0.0800. The molecule has 1 fully saturated rings. The van der Waals surface area contributed by atoms with E-state index in [2.05, 4.69) is 45.0 Å². The molecule has 1 heterocycles. The van der Waals surface area contributed by atoms with E-state index in [1.807, 2.05) is 0 Å². The summed E-state index contributed by atoms with van der Waals surface area (Å²) in [5, 5.41) is 3.38. The van der Waals surface area contributed by atoms with Gasteiger partial charge < -0.3 is 10.2 Å². The van der Waals surface area contributed by atoms with Crippen LogP contribution in [0.5, 0.6) is 0 Å². The Morgan fingerprint density at radius 2 is 1.82 bits per heavy atom. The Morgan fingerprint density at radius 3 is 2.29 bits per heavy atom. The summed E-state index contributed by atoms with van der Waals surface area (Å²) in [5.41, 5.74) is 0.445. The van der Waals surface area contributed by atoms with Crippen LogP contribution in [0.3, 0.4) is 0 Å². The van der Waals surface area contributed by atoms with Crippen molar-refractivity contribution in [1.82, 2.24) is 10.2 Å². The van der Waals surface area contributed by atoms with Crippen LogP contribution in [0, 0.1) is 17.3 Å². The number of likely N-dealkylation sites (tertiary alicyclic amines) is 1. The first-order valence-corrected chi connectivity index (χ1v) is 7.36. The van der Waals surface area contributed by atoms with Crippen LogP contribution < -0.4 is 5.32 Å². The third kappa shape index (κ3) is 4.97. The second-order valence-corrected chi connectivity index (χ2v) is 6.73. The highest BCUT2D eigenvalue weighted by Crippen LogP contribution is 2.28. The lowest BCUT2D eigenvalue weighted by molar-refractivity contribution is 0.0849. The van der Waals surface area contributed by atoms with Gasteiger partial charge in [0.05, 0.1) is 0 Å². The van der Waals surface area contributed by atoms with Crippen LogP contribution in [0.1, 0.15) is 47.0 Å². The molecule has 0 spiro atoms. The van der Waals surface area contributed by atoms with Crippen molar-refractivity contribution in [1.29, 1.82) is 0 Å². The van der Waals surface area contributed by atoms with E-state index in [9.17, 15) is 0 Å². The first-order chi connectivity index (χ1) is 7.99. The zero-order chi connectivity index (χ0) is 12.9. The second-order valence-electron chi connectivity index (χ2n) is 6.73. The van der Waals surface area contributed by atoms with E-state index >= 15 is 0 Å². The van der Waals surface area contributed by atoms with Gasteiger partial charge in [-0.1, -0.05) is 34.1 Å². The average Bonchev–Trinajstić information content (AvgIpc) is 2.15. The van der Waals surface area contributed by atoms with Gasteiger partial charge in [0.15, 0.2) is 0 Å². The zero-order valence-electron chi connectivity index (χ0n) is 12.6. The number of hydrogen-bond acceptors (Lipinski definition) is 2. The van der Waals surface area contributed by atoms with Crippen molar-refractivity contribution in [3.8, 4) is 0 Å². The van der Waals surface area contributed by atoms with E-state index in [0.29, 0.717) is 5.41 Å². The summed E-state index contributed by atoms with van der Waals surface area (Å²) < 4.78 is 0. The van der Waals surface area contributed by atoms with Gasteiger partial charge in [-0.25, -0.2) is 0 Å².